The van der Waals surface area contributed by atoms with E-state index in [2.05, 4.69) is 30.6 Å². The molecular weight excluding hydrogens is 452 g/mol. The van der Waals surface area contributed by atoms with E-state index in [1.165, 1.54) is 23.6 Å². The quantitative estimate of drug-likeness (QED) is 0.488. The summed E-state index contributed by atoms with van der Waals surface area (Å²) in [5.74, 6) is -2.05. The van der Waals surface area contributed by atoms with E-state index in [4.69, 9.17) is 11.6 Å². The highest BCUT2D eigenvalue weighted by Gasteiger charge is 2.49. The van der Waals surface area contributed by atoms with Gasteiger partial charge in [-0.1, -0.05) is 19.4 Å². The van der Waals surface area contributed by atoms with Gasteiger partial charge in [-0.25, -0.2) is 23.7 Å². The van der Waals surface area contributed by atoms with Gasteiger partial charge in [-0.15, -0.1) is 11.6 Å². The van der Waals surface area contributed by atoms with Gasteiger partial charge < -0.3 is 10.3 Å². The van der Waals surface area contributed by atoms with E-state index < -0.39 is 35.1 Å². The third-order valence-corrected chi connectivity index (χ3v) is 7.04. The molecule has 8 nitrogen and oxygen atoms in total. The van der Waals surface area contributed by atoms with Crippen molar-refractivity contribution in [1.29, 1.82) is 0 Å². The molecule has 0 bridgehead atoms. The maximum atomic E-state index is 14.9. The van der Waals surface area contributed by atoms with Gasteiger partial charge in [-0.2, -0.15) is 0 Å². The Hall–Kier alpha value is -2.85. The fraction of sp³-hybridized carbons (Fsp3) is 0.455. The van der Waals surface area contributed by atoms with E-state index in [9.17, 15) is 13.6 Å². The molecule has 1 aromatic carbocycles. The molecule has 1 saturated carbocycles. The SMILES string of the molecule is CCC(Nc1ncnc2nc[nH]c12)C1NC2CCCC(Cl)C2C(=O)N1c1c(F)cccc1F. The molecule has 5 unspecified atom stereocenters. The first-order chi connectivity index (χ1) is 16.0. The fourth-order valence-electron chi connectivity index (χ4n) is 4.97. The second kappa shape index (κ2) is 8.83. The lowest BCUT2D eigenvalue weighted by atomic mass is 9.80. The summed E-state index contributed by atoms with van der Waals surface area (Å²) in [6.45, 7) is 1.93. The average molecular weight is 476 g/mol. The second-order valence-electron chi connectivity index (χ2n) is 8.45. The van der Waals surface area contributed by atoms with Crippen molar-refractivity contribution >= 4 is 40.2 Å². The number of amides is 1. The Morgan fingerprint density at radius 2 is 2.03 bits per heavy atom. The Labute approximate surface area is 194 Å². The van der Waals surface area contributed by atoms with Gasteiger partial charge in [0.15, 0.2) is 11.5 Å². The second-order valence-corrected chi connectivity index (χ2v) is 9.01. The van der Waals surface area contributed by atoms with Crippen LogP contribution in [0.2, 0.25) is 0 Å². The smallest absolute Gasteiger partial charge is 0.234 e. The number of hydrogen-bond donors (Lipinski definition) is 3. The number of carbonyl (C=O) groups excluding carboxylic acids is 1. The number of para-hydroxylation sites is 1. The normalized spacial score (nSPS) is 26.3. The maximum Gasteiger partial charge on any atom is 0.234 e. The van der Waals surface area contributed by atoms with Gasteiger partial charge in [-0.3, -0.25) is 15.0 Å². The highest BCUT2D eigenvalue weighted by Crippen LogP contribution is 2.38. The number of rotatable bonds is 5. The van der Waals surface area contributed by atoms with Crippen LogP contribution < -0.4 is 15.5 Å². The Kier molecular flexibility index (Phi) is 5.88. The van der Waals surface area contributed by atoms with Crippen molar-refractivity contribution in [2.75, 3.05) is 10.2 Å². The molecule has 3 aromatic rings. The van der Waals surface area contributed by atoms with Crippen LogP contribution in [0.25, 0.3) is 11.2 Å². The minimum absolute atomic E-state index is 0.182. The summed E-state index contributed by atoms with van der Waals surface area (Å²) in [4.78, 5) is 30.5. The van der Waals surface area contributed by atoms with Crippen molar-refractivity contribution < 1.29 is 13.6 Å². The van der Waals surface area contributed by atoms with Crippen LogP contribution in [-0.2, 0) is 4.79 Å². The fourth-order valence-corrected chi connectivity index (χ4v) is 5.41. The topological polar surface area (TPSA) is 98.8 Å². The molecule has 5 rings (SSSR count). The van der Waals surface area contributed by atoms with Gasteiger partial charge in [-0.05, 0) is 31.4 Å². The van der Waals surface area contributed by atoms with Crippen molar-refractivity contribution in [3.05, 3.63) is 42.5 Å². The molecule has 1 aliphatic carbocycles. The van der Waals surface area contributed by atoms with Crippen LogP contribution in [0.1, 0.15) is 32.6 Å². The van der Waals surface area contributed by atoms with Crippen molar-refractivity contribution in [2.24, 2.45) is 5.92 Å². The molecule has 3 heterocycles. The third kappa shape index (κ3) is 3.80. The molecule has 11 heteroatoms. The summed E-state index contributed by atoms with van der Waals surface area (Å²) in [5.41, 5.74) is 0.727. The van der Waals surface area contributed by atoms with E-state index in [0.717, 1.165) is 25.0 Å². The van der Waals surface area contributed by atoms with Crippen LogP contribution >= 0.6 is 11.6 Å². The van der Waals surface area contributed by atoms with E-state index in [1.54, 1.807) is 0 Å². The predicted octanol–water partition coefficient (Wildman–Crippen LogP) is 3.56. The maximum absolute atomic E-state index is 14.9. The highest BCUT2D eigenvalue weighted by atomic mass is 35.5. The monoisotopic (exact) mass is 475 g/mol. The molecule has 1 amide bonds. The van der Waals surface area contributed by atoms with E-state index in [-0.39, 0.29) is 17.6 Å². The van der Waals surface area contributed by atoms with Crippen LogP contribution in [0, 0.1) is 17.6 Å². The number of imidazole rings is 1. The Balaban J connectivity index is 1.57. The lowest BCUT2D eigenvalue weighted by Crippen LogP contribution is -2.70. The minimum atomic E-state index is -0.802. The largest absolute Gasteiger partial charge is 0.362 e. The summed E-state index contributed by atoms with van der Waals surface area (Å²) >= 11 is 6.54. The predicted molar refractivity (Wildman–Crippen MR) is 121 cm³/mol. The standard InChI is InChI=1S/C22H24ClF2N7O/c1-2-14(30-20-17-19(27-9-26-17)28-10-29-20)21-31-15-8-3-5-11(23)16(15)22(33)32(21)18-12(24)6-4-7-13(18)25/h4,6-7,9-11,14-16,21,31H,2-3,5,8H2,1H3,(H2,26,27,28,29,30). The zero-order chi connectivity index (χ0) is 23.1. The van der Waals surface area contributed by atoms with E-state index in [1.807, 2.05) is 6.92 Å². The molecule has 33 heavy (non-hydrogen) atoms. The number of anilines is 2. The molecule has 5 atom stereocenters. The van der Waals surface area contributed by atoms with Gasteiger partial charge >= 0.3 is 0 Å². The summed E-state index contributed by atoms with van der Waals surface area (Å²) < 4.78 is 29.8. The number of nitrogens with one attached hydrogen (secondary N) is 3. The molecule has 1 aliphatic heterocycles. The first-order valence-corrected chi connectivity index (χ1v) is 11.5. The average Bonchev–Trinajstić information content (AvgIpc) is 3.28. The number of alkyl halides is 1. The summed E-state index contributed by atoms with van der Waals surface area (Å²) in [6.07, 6.45) is 5.04. The zero-order valence-electron chi connectivity index (χ0n) is 17.9. The molecule has 1 saturated heterocycles. The molecule has 3 N–H and O–H groups in total. The molecule has 2 aliphatic rings. The molecule has 174 valence electrons. The molecule has 2 fully saturated rings. The van der Waals surface area contributed by atoms with Crippen molar-refractivity contribution in [2.45, 2.75) is 56.2 Å². The number of hydrogen-bond acceptors (Lipinski definition) is 6. The lowest BCUT2D eigenvalue weighted by molar-refractivity contribution is -0.127. The van der Waals surface area contributed by atoms with E-state index in [0.29, 0.717) is 29.8 Å². The van der Waals surface area contributed by atoms with Crippen LogP contribution in [0.4, 0.5) is 20.3 Å². The van der Waals surface area contributed by atoms with Gasteiger partial charge in [0, 0.05) is 11.4 Å². The summed E-state index contributed by atoms with van der Waals surface area (Å²) in [7, 11) is 0. The van der Waals surface area contributed by atoms with Gasteiger partial charge in [0.1, 0.15) is 35.3 Å². The van der Waals surface area contributed by atoms with Crippen LogP contribution in [0.15, 0.2) is 30.9 Å². The van der Waals surface area contributed by atoms with E-state index >= 15 is 0 Å². The van der Waals surface area contributed by atoms with Gasteiger partial charge in [0.05, 0.1) is 18.3 Å². The minimum Gasteiger partial charge on any atom is -0.362 e. The third-order valence-electron chi connectivity index (χ3n) is 6.55. The molecule has 0 spiro atoms. The number of halogens is 3. The molecular formula is C22H24ClF2N7O. The Bertz CT molecular complexity index is 1150. The number of fused-ring (bicyclic) bond motifs is 2. The zero-order valence-corrected chi connectivity index (χ0v) is 18.7. The summed E-state index contributed by atoms with van der Waals surface area (Å²) in [5, 5.41) is 6.42. The highest BCUT2D eigenvalue weighted by molar-refractivity contribution is 6.23. The number of nitrogens with zero attached hydrogens (tertiary/aromatic N) is 4. The van der Waals surface area contributed by atoms with Crippen molar-refractivity contribution in [3.8, 4) is 0 Å². The first kappa shape index (κ1) is 22.0. The Morgan fingerprint density at radius 3 is 2.79 bits per heavy atom. The van der Waals surface area contributed by atoms with Crippen LogP contribution in [0.3, 0.4) is 0 Å². The van der Waals surface area contributed by atoms with Gasteiger partial charge in [0.2, 0.25) is 5.91 Å². The first-order valence-electron chi connectivity index (χ1n) is 11.1. The molecule has 2 aromatic heterocycles. The number of aromatic nitrogens is 4. The van der Waals surface area contributed by atoms with Crippen LogP contribution in [0.5, 0.6) is 0 Å². The van der Waals surface area contributed by atoms with Crippen molar-refractivity contribution in [3.63, 3.8) is 0 Å². The number of aromatic amines is 1. The van der Waals surface area contributed by atoms with Crippen LogP contribution in [-0.4, -0.2) is 49.5 Å². The number of H-pyrrole nitrogens is 1. The Morgan fingerprint density at radius 1 is 1.24 bits per heavy atom. The van der Waals surface area contributed by atoms with Gasteiger partial charge in [0.25, 0.3) is 0 Å². The molecule has 0 radical (unpaired) electrons. The number of carbonyl (C=O) groups is 1. The number of benzene rings is 1. The summed E-state index contributed by atoms with van der Waals surface area (Å²) in [6, 6.07) is 2.98. The lowest BCUT2D eigenvalue weighted by Gasteiger charge is -2.50. The van der Waals surface area contributed by atoms with Crippen molar-refractivity contribution in [1.82, 2.24) is 25.3 Å².